The molecule has 0 fully saturated rings. The summed E-state index contributed by atoms with van der Waals surface area (Å²) in [4.78, 5) is 22.3. The summed E-state index contributed by atoms with van der Waals surface area (Å²) >= 11 is 0. The van der Waals surface area contributed by atoms with Crippen molar-refractivity contribution < 1.29 is 14.3 Å². The van der Waals surface area contributed by atoms with Crippen LogP contribution in [0.5, 0.6) is 0 Å². The predicted octanol–water partition coefficient (Wildman–Crippen LogP) is 0.966. The number of anilines is 1. The molecule has 0 atom stereocenters. The van der Waals surface area contributed by atoms with Crippen molar-refractivity contribution in [2.45, 2.75) is 26.8 Å². The second-order valence-corrected chi connectivity index (χ2v) is 3.48. The van der Waals surface area contributed by atoms with Gasteiger partial charge >= 0.3 is 11.9 Å². The first-order chi connectivity index (χ1) is 7.54. The van der Waals surface area contributed by atoms with Crippen LogP contribution in [0, 0.1) is 0 Å². The van der Waals surface area contributed by atoms with Crippen LogP contribution in [0.1, 0.15) is 26.8 Å². The number of carbonyl (C=O) groups is 2. The zero-order chi connectivity index (χ0) is 12.1. The molecule has 1 aromatic heterocycles. The van der Waals surface area contributed by atoms with Crippen molar-refractivity contribution in [3.05, 3.63) is 12.4 Å². The third-order valence-electron chi connectivity index (χ3n) is 1.85. The van der Waals surface area contributed by atoms with Crippen molar-refractivity contribution in [3.63, 3.8) is 0 Å². The third kappa shape index (κ3) is 3.08. The Balaban J connectivity index is 2.59. The first-order valence-corrected chi connectivity index (χ1v) is 5.06. The van der Waals surface area contributed by atoms with Crippen LogP contribution in [0.2, 0.25) is 0 Å². The van der Waals surface area contributed by atoms with Crippen LogP contribution in [0.25, 0.3) is 0 Å². The van der Waals surface area contributed by atoms with Crippen LogP contribution in [-0.4, -0.2) is 28.3 Å². The number of hydrogen-bond acceptors (Lipinski definition) is 4. The molecule has 0 unspecified atom stereocenters. The molecule has 6 nitrogen and oxygen atoms in total. The maximum Gasteiger partial charge on any atom is 0.397 e. The maximum atomic E-state index is 11.3. The lowest BCUT2D eigenvalue weighted by Gasteiger charge is -2.03. The zero-order valence-electron chi connectivity index (χ0n) is 9.56. The van der Waals surface area contributed by atoms with Gasteiger partial charge in [-0.2, -0.15) is 5.10 Å². The lowest BCUT2D eigenvalue weighted by Crippen LogP contribution is -2.24. The van der Waals surface area contributed by atoms with E-state index in [1.54, 1.807) is 17.8 Å². The molecule has 0 aromatic carbocycles. The highest BCUT2D eigenvalue weighted by molar-refractivity contribution is 6.37. The average Bonchev–Trinajstić information content (AvgIpc) is 2.66. The summed E-state index contributed by atoms with van der Waals surface area (Å²) in [5.41, 5.74) is 0.478. The third-order valence-corrected chi connectivity index (χ3v) is 1.85. The average molecular weight is 225 g/mol. The van der Waals surface area contributed by atoms with E-state index in [0.717, 1.165) is 0 Å². The Morgan fingerprint density at radius 3 is 2.75 bits per heavy atom. The molecule has 16 heavy (non-hydrogen) atoms. The van der Waals surface area contributed by atoms with Gasteiger partial charge < -0.3 is 10.1 Å². The molecule has 1 rings (SSSR count). The summed E-state index contributed by atoms with van der Waals surface area (Å²) in [5, 5.41) is 6.43. The van der Waals surface area contributed by atoms with Gasteiger partial charge in [-0.05, 0) is 20.8 Å². The largest absolute Gasteiger partial charge is 0.459 e. The molecular formula is C10H15N3O3. The van der Waals surface area contributed by atoms with Crippen molar-refractivity contribution in [2.75, 3.05) is 11.9 Å². The van der Waals surface area contributed by atoms with Crippen LogP contribution in [0.4, 0.5) is 5.69 Å². The molecule has 1 amide bonds. The predicted molar refractivity (Wildman–Crippen MR) is 57.9 cm³/mol. The fourth-order valence-electron chi connectivity index (χ4n) is 1.06. The van der Waals surface area contributed by atoms with Gasteiger partial charge in [0.1, 0.15) is 0 Å². The van der Waals surface area contributed by atoms with E-state index >= 15 is 0 Å². The Kier molecular flexibility index (Phi) is 4.04. The van der Waals surface area contributed by atoms with Gasteiger partial charge in [0.25, 0.3) is 0 Å². The normalized spacial score (nSPS) is 10.2. The second kappa shape index (κ2) is 5.29. The molecule has 0 saturated carbocycles. The van der Waals surface area contributed by atoms with Gasteiger partial charge in [0, 0.05) is 12.2 Å². The number of nitrogens with zero attached hydrogens (tertiary/aromatic N) is 2. The number of hydrogen-bond donors (Lipinski definition) is 1. The lowest BCUT2D eigenvalue weighted by atomic mass is 10.4. The van der Waals surface area contributed by atoms with Crippen molar-refractivity contribution in [1.82, 2.24) is 9.78 Å². The molecule has 0 aliphatic heterocycles. The summed E-state index contributed by atoms with van der Waals surface area (Å²) in [7, 11) is 0. The standard InChI is InChI=1S/C10H15N3O3/c1-4-16-10(15)9(14)12-8-5-11-13(6-8)7(2)3/h5-7H,4H2,1-3H3,(H,12,14). The Bertz CT molecular complexity index is 384. The molecule has 1 N–H and O–H groups in total. The van der Waals surface area contributed by atoms with E-state index in [1.807, 2.05) is 13.8 Å². The molecule has 0 spiro atoms. The Morgan fingerprint density at radius 2 is 2.25 bits per heavy atom. The molecule has 1 aromatic rings. The molecule has 0 saturated heterocycles. The number of rotatable bonds is 3. The Morgan fingerprint density at radius 1 is 1.56 bits per heavy atom. The van der Waals surface area contributed by atoms with Gasteiger partial charge in [-0.25, -0.2) is 4.79 Å². The van der Waals surface area contributed by atoms with Gasteiger partial charge in [-0.1, -0.05) is 0 Å². The van der Waals surface area contributed by atoms with Crippen LogP contribution in [-0.2, 0) is 14.3 Å². The maximum absolute atomic E-state index is 11.3. The van der Waals surface area contributed by atoms with E-state index in [0.29, 0.717) is 5.69 Å². The fraction of sp³-hybridized carbons (Fsp3) is 0.500. The quantitative estimate of drug-likeness (QED) is 0.614. The molecule has 0 aliphatic carbocycles. The number of esters is 1. The molecule has 88 valence electrons. The minimum absolute atomic E-state index is 0.178. The number of ether oxygens (including phenoxy) is 1. The van der Waals surface area contributed by atoms with Crippen molar-refractivity contribution >= 4 is 17.6 Å². The highest BCUT2D eigenvalue weighted by Crippen LogP contribution is 2.09. The number of carbonyl (C=O) groups excluding carboxylic acids is 2. The van der Waals surface area contributed by atoms with Crippen molar-refractivity contribution in [1.29, 1.82) is 0 Å². The van der Waals surface area contributed by atoms with E-state index in [4.69, 9.17) is 0 Å². The smallest absolute Gasteiger partial charge is 0.397 e. The van der Waals surface area contributed by atoms with Gasteiger partial charge in [-0.3, -0.25) is 9.48 Å². The van der Waals surface area contributed by atoms with E-state index in [1.165, 1.54) is 6.20 Å². The summed E-state index contributed by atoms with van der Waals surface area (Å²) < 4.78 is 6.23. The first kappa shape index (κ1) is 12.2. The minimum atomic E-state index is -0.889. The van der Waals surface area contributed by atoms with E-state index < -0.39 is 11.9 Å². The minimum Gasteiger partial charge on any atom is -0.459 e. The van der Waals surface area contributed by atoms with Crippen LogP contribution in [0.15, 0.2) is 12.4 Å². The van der Waals surface area contributed by atoms with Crippen molar-refractivity contribution in [2.24, 2.45) is 0 Å². The van der Waals surface area contributed by atoms with Crippen LogP contribution >= 0.6 is 0 Å². The monoisotopic (exact) mass is 225 g/mol. The van der Waals surface area contributed by atoms with Crippen LogP contribution in [0.3, 0.4) is 0 Å². The molecular weight excluding hydrogens is 210 g/mol. The van der Waals surface area contributed by atoms with Crippen molar-refractivity contribution in [3.8, 4) is 0 Å². The molecule has 0 radical (unpaired) electrons. The SMILES string of the molecule is CCOC(=O)C(=O)Nc1cnn(C(C)C)c1. The van der Waals surface area contributed by atoms with E-state index in [2.05, 4.69) is 15.2 Å². The van der Waals surface area contributed by atoms with Crippen LogP contribution < -0.4 is 5.32 Å². The van der Waals surface area contributed by atoms with E-state index in [9.17, 15) is 9.59 Å². The molecule has 0 aliphatic rings. The van der Waals surface area contributed by atoms with Gasteiger partial charge in [0.15, 0.2) is 0 Å². The Labute approximate surface area is 93.6 Å². The van der Waals surface area contributed by atoms with Gasteiger partial charge in [0.05, 0.1) is 18.5 Å². The number of amides is 1. The summed E-state index contributed by atoms with van der Waals surface area (Å²) in [6.45, 7) is 5.74. The summed E-state index contributed by atoms with van der Waals surface area (Å²) in [5.74, 6) is -1.68. The highest BCUT2D eigenvalue weighted by atomic mass is 16.5. The Hall–Kier alpha value is -1.85. The number of aromatic nitrogens is 2. The molecule has 0 bridgehead atoms. The summed E-state index contributed by atoms with van der Waals surface area (Å²) in [6.07, 6.45) is 3.14. The van der Waals surface area contributed by atoms with Gasteiger partial charge in [0.2, 0.25) is 0 Å². The lowest BCUT2D eigenvalue weighted by molar-refractivity contribution is -0.152. The van der Waals surface area contributed by atoms with Gasteiger partial charge in [-0.15, -0.1) is 0 Å². The number of nitrogens with one attached hydrogen (secondary N) is 1. The van der Waals surface area contributed by atoms with E-state index in [-0.39, 0.29) is 12.6 Å². The molecule has 6 heteroatoms. The summed E-state index contributed by atoms with van der Waals surface area (Å²) in [6, 6.07) is 0.202. The zero-order valence-corrected chi connectivity index (χ0v) is 9.56. The molecule has 1 heterocycles. The highest BCUT2D eigenvalue weighted by Gasteiger charge is 2.15. The topological polar surface area (TPSA) is 73.2 Å². The second-order valence-electron chi connectivity index (χ2n) is 3.48. The first-order valence-electron chi connectivity index (χ1n) is 5.06. The fourth-order valence-corrected chi connectivity index (χ4v) is 1.06.